The molecule has 1 atom stereocenters. The molecule has 2 heteroatoms. The van der Waals surface area contributed by atoms with Gasteiger partial charge in [0.25, 0.3) is 0 Å². The molecule has 0 saturated carbocycles. The van der Waals surface area contributed by atoms with E-state index in [0.29, 0.717) is 0 Å². The van der Waals surface area contributed by atoms with Gasteiger partial charge in [0.05, 0.1) is 0 Å². The Bertz CT molecular complexity index is 291. The van der Waals surface area contributed by atoms with Crippen LogP contribution < -0.4 is 0 Å². The molecule has 0 heterocycles. The minimum absolute atomic E-state index is 1.04. The molecule has 1 nitrogen and oxygen atoms in total. The minimum atomic E-state index is -1.79. The largest absolute Gasteiger partial charge is 0.377 e. The van der Waals surface area contributed by atoms with Crippen LogP contribution in [0.2, 0.25) is 19.6 Å². The second-order valence-electron chi connectivity index (χ2n) is 5.09. The van der Waals surface area contributed by atoms with Crippen molar-refractivity contribution in [3.05, 3.63) is 24.3 Å². The molecule has 16 heavy (non-hydrogen) atoms. The molecule has 0 aliphatic rings. The molecule has 1 N–H and O–H groups in total. The molecule has 0 amide bonds. The van der Waals surface area contributed by atoms with Crippen molar-refractivity contribution in [2.24, 2.45) is 0 Å². The van der Waals surface area contributed by atoms with Gasteiger partial charge in [-0.2, -0.15) is 0 Å². The van der Waals surface area contributed by atoms with Crippen molar-refractivity contribution in [2.75, 3.05) is 0 Å². The fraction of sp³-hybridized carbons (Fsp3) is 0.571. The molecule has 90 valence electrons. The van der Waals surface area contributed by atoms with E-state index in [0.717, 1.165) is 6.42 Å². The van der Waals surface area contributed by atoms with Gasteiger partial charge in [-0.25, -0.2) is 0 Å². The number of rotatable bonds is 6. The minimum Gasteiger partial charge on any atom is -0.377 e. The van der Waals surface area contributed by atoms with Crippen LogP contribution in [0.25, 0.3) is 0 Å². The lowest BCUT2D eigenvalue weighted by Crippen LogP contribution is -2.49. The first-order chi connectivity index (χ1) is 7.37. The summed E-state index contributed by atoms with van der Waals surface area (Å²) in [6.07, 6.45) is 16.6. The zero-order chi connectivity index (χ0) is 12.7. The van der Waals surface area contributed by atoms with Gasteiger partial charge in [0.2, 0.25) is 0 Å². The van der Waals surface area contributed by atoms with Gasteiger partial charge in [0, 0.05) is 0 Å². The Morgan fingerprint density at radius 2 is 1.94 bits per heavy atom. The van der Waals surface area contributed by atoms with Gasteiger partial charge in [0.1, 0.15) is 13.3 Å². The highest BCUT2D eigenvalue weighted by Crippen LogP contribution is 2.21. The first-order valence-corrected chi connectivity index (χ1v) is 9.42. The Hall–Kier alpha value is -0.783. The first kappa shape index (κ1) is 15.2. The lowest BCUT2D eigenvalue weighted by Gasteiger charge is -2.31. The average Bonchev–Trinajstić information content (AvgIpc) is 2.21. The molecule has 0 fully saturated rings. The van der Waals surface area contributed by atoms with E-state index in [9.17, 15) is 5.11 Å². The van der Waals surface area contributed by atoms with Crippen LogP contribution in [-0.4, -0.2) is 18.4 Å². The van der Waals surface area contributed by atoms with Gasteiger partial charge in [-0.05, 0) is 12.5 Å². The third-order valence-corrected chi connectivity index (χ3v) is 5.27. The molecule has 0 aromatic rings. The van der Waals surface area contributed by atoms with Gasteiger partial charge in [-0.3, -0.25) is 0 Å². The Morgan fingerprint density at radius 3 is 2.38 bits per heavy atom. The van der Waals surface area contributed by atoms with Crippen LogP contribution in [0.3, 0.4) is 0 Å². The molecule has 0 saturated heterocycles. The molecule has 0 spiro atoms. The number of terminal acetylenes is 1. The van der Waals surface area contributed by atoms with E-state index in [1.54, 1.807) is 6.08 Å². The van der Waals surface area contributed by atoms with Crippen LogP contribution in [0, 0.1) is 12.3 Å². The predicted octanol–water partition coefficient (Wildman–Crippen LogP) is 3.53. The highest BCUT2D eigenvalue weighted by atomic mass is 28.3. The SMILES string of the molecule is C#CC(O)(/C=C\C=C\CCCC)[Si](C)(C)C. The number of allylic oxidation sites excluding steroid dienone is 3. The zero-order valence-electron chi connectivity index (χ0n) is 11.0. The first-order valence-electron chi connectivity index (χ1n) is 5.92. The zero-order valence-corrected chi connectivity index (χ0v) is 12.0. The summed E-state index contributed by atoms with van der Waals surface area (Å²) in [7, 11) is -1.79. The van der Waals surface area contributed by atoms with Gasteiger partial charge >= 0.3 is 0 Å². The van der Waals surface area contributed by atoms with E-state index >= 15 is 0 Å². The molecular formula is C14H24OSi. The van der Waals surface area contributed by atoms with Crippen LogP contribution in [0.15, 0.2) is 24.3 Å². The van der Waals surface area contributed by atoms with Gasteiger partial charge < -0.3 is 5.11 Å². The normalized spacial score (nSPS) is 16.5. The molecule has 0 aromatic heterocycles. The quantitative estimate of drug-likeness (QED) is 0.324. The molecular weight excluding hydrogens is 212 g/mol. The lowest BCUT2D eigenvalue weighted by molar-refractivity contribution is 0.226. The summed E-state index contributed by atoms with van der Waals surface area (Å²) in [5.74, 6) is 2.52. The maximum absolute atomic E-state index is 10.3. The third-order valence-electron chi connectivity index (χ3n) is 2.67. The summed E-state index contributed by atoms with van der Waals surface area (Å²) in [6, 6.07) is 0. The smallest absolute Gasteiger partial charge is 0.129 e. The molecule has 0 rings (SSSR count). The van der Waals surface area contributed by atoms with Crippen molar-refractivity contribution in [2.45, 2.75) is 51.1 Å². The van der Waals surface area contributed by atoms with Crippen LogP contribution in [0.1, 0.15) is 26.2 Å². The van der Waals surface area contributed by atoms with E-state index < -0.39 is 13.3 Å². The lowest BCUT2D eigenvalue weighted by atomic mass is 10.2. The second kappa shape index (κ2) is 6.73. The Morgan fingerprint density at radius 1 is 1.31 bits per heavy atom. The molecule has 1 unspecified atom stereocenters. The summed E-state index contributed by atoms with van der Waals surface area (Å²) in [4.78, 5) is 0. The highest BCUT2D eigenvalue weighted by Gasteiger charge is 2.37. The molecule has 0 radical (unpaired) electrons. The molecule has 0 aliphatic heterocycles. The highest BCUT2D eigenvalue weighted by molar-refractivity contribution is 6.80. The topological polar surface area (TPSA) is 20.2 Å². The Labute approximate surface area is 101 Å². The van der Waals surface area contributed by atoms with E-state index in [4.69, 9.17) is 6.42 Å². The third kappa shape index (κ3) is 4.83. The van der Waals surface area contributed by atoms with Crippen LogP contribution in [0.5, 0.6) is 0 Å². The summed E-state index contributed by atoms with van der Waals surface area (Å²) < 4.78 is 0. The van der Waals surface area contributed by atoms with E-state index in [-0.39, 0.29) is 0 Å². The predicted molar refractivity (Wildman–Crippen MR) is 74.9 cm³/mol. The van der Waals surface area contributed by atoms with E-state index in [1.807, 2.05) is 12.2 Å². The number of aliphatic hydroxyl groups is 1. The van der Waals surface area contributed by atoms with E-state index in [2.05, 4.69) is 38.6 Å². The van der Waals surface area contributed by atoms with Crippen molar-refractivity contribution >= 4 is 8.07 Å². The van der Waals surface area contributed by atoms with E-state index in [1.165, 1.54) is 12.8 Å². The van der Waals surface area contributed by atoms with Gasteiger partial charge in [-0.15, -0.1) is 6.42 Å². The second-order valence-corrected chi connectivity index (χ2v) is 10.4. The van der Waals surface area contributed by atoms with Crippen LogP contribution in [-0.2, 0) is 0 Å². The molecule has 0 bridgehead atoms. The van der Waals surface area contributed by atoms with Crippen molar-refractivity contribution in [3.63, 3.8) is 0 Å². The van der Waals surface area contributed by atoms with Crippen molar-refractivity contribution in [3.8, 4) is 12.3 Å². The average molecular weight is 236 g/mol. The van der Waals surface area contributed by atoms with Gasteiger partial charge in [0.15, 0.2) is 0 Å². The Balaban J connectivity index is 4.40. The van der Waals surface area contributed by atoms with Crippen molar-refractivity contribution in [1.29, 1.82) is 0 Å². The summed E-state index contributed by atoms with van der Waals surface area (Å²) in [5.41, 5.74) is 0. The van der Waals surface area contributed by atoms with Crippen LogP contribution in [0.4, 0.5) is 0 Å². The number of hydrogen-bond donors (Lipinski definition) is 1. The molecule has 0 aromatic carbocycles. The summed E-state index contributed by atoms with van der Waals surface area (Å²) in [5, 5.41) is 9.22. The van der Waals surface area contributed by atoms with Crippen LogP contribution >= 0.6 is 0 Å². The maximum atomic E-state index is 10.3. The number of hydrogen-bond acceptors (Lipinski definition) is 1. The summed E-state index contributed by atoms with van der Waals surface area (Å²) in [6.45, 7) is 8.37. The number of unbranched alkanes of at least 4 members (excludes halogenated alkanes) is 2. The standard InChI is InChI=1S/C14H24OSi/c1-6-8-9-10-11-12-13-14(15,7-2)16(3,4)5/h2,10-13,15H,6,8-9H2,1,3-5H3/b11-10+,13-12-. The fourth-order valence-electron chi connectivity index (χ4n) is 1.21. The molecule has 0 aliphatic carbocycles. The Kier molecular flexibility index (Phi) is 6.40. The monoisotopic (exact) mass is 236 g/mol. The summed E-state index contributed by atoms with van der Waals surface area (Å²) >= 11 is 0. The van der Waals surface area contributed by atoms with Crippen molar-refractivity contribution < 1.29 is 5.11 Å². The maximum Gasteiger partial charge on any atom is 0.129 e. The van der Waals surface area contributed by atoms with Crippen molar-refractivity contribution in [1.82, 2.24) is 0 Å². The van der Waals surface area contributed by atoms with Gasteiger partial charge in [-0.1, -0.05) is 63.6 Å². The fourth-order valence-corrected chi connectivity index (χ4v) is 2.24.